The van der Waals surface area contributed by atoms with E-state index in [4.69, 9.17) is 5.73 Å². The SMILES string of the molecule is CCN[C@@H](C(=O)NC(N)=O)c1ccccc1. The summed E-state index contributed by atoms with van der Waals surface area (Å²) in [5, 5.41) is 5.05. The number of imide groups is 1. The van der Waals surface area contributed by atoms with Crippen LogP contribution in [0.1, 0.15) is 18.5 Å². The van der Waals surface area contributed by atoms with Gasteiger partial charge in [0, 0.05) is 0 Å². The molecule has 0 heterocycles. The maximum Gasteiger partial charge on any atom is 0.318 e. The number of primary amides is 1. The highest BCUT2D eigenvalue weighted by Crippen LogP contribution is 2.12. The molecule has 0 aliphatic rings. The number of nitrogens with two attached hydrogens (primary N) is 1. The molecule has 1 atom stereocenters. The standard InChI is InChI=1S/C11H15N3O2/c1-2-13-9(10(15)14-11(12)16)8-6-4-3-5-7-8/h3-7,9,13H,2H2,1H3,(H3,12,14,15,16)/t9-/m1/s1. The average Bonchev–Trinajstić information content (AvgIpc) is 2.26. The first-order chi connectivity index (χ1) is 7.65. The topological polar surface area (TPSA) is 84.2 Å². The molecule has 0 unspecified atom stereocenters. The normalized spacial score (nSPS) is 11.8. The zero-order valence-corrected chi connectivity index (χ0v) is 9.07. The van der Waals surface area contributed by atoms with Crippen molar-refractivity contribution in [2.45, 2.75) is 13.0 Å². The Bertz CT molecular complexity index is 365. The molecule has 0 aliphatic carbocycles. The molecule has 1 aromatic carbocycles. The molecule has 1 aromatic rings. The predicted octanol–water partition coefficient (Wildman–Crippen LogP) is 0.532. The number of amides is 3. The van der Waals surface area contributed by atoms with Crippen LogP contribution in [0.2, 0.25) is 0 Å². The zero-order chi connectivity index (χ0) is 12.0. The van der Waals surface area contributed by atoms with Crippen LogP contribution in [0, 0.1) is 0 Å². The third kappa shape index (κ3) is 3.36. The minimum Gasteiger partial charge on any atom is -0.351 e. The lowest BCUT2D eigenvalue weighted by Gasteiger charge is -2.16. The number of nitrogens with one attached hydrogen (secondary N) is 2. The van der Waals surface area contributed by atoms with Crippen molar-refractivity contribution in [2.24, 2.45) is 5.73 Å². The lowest BCUT2D eigenvalue weighted by Crippen LogP contribution is -2.42. The van der Waals surface area contributed by atoms with Gasteiger partial charge in [-0.15, -0.1) is 0 Å². The number of urea groups is 1. The second-order valence-electron chi connectivity index (χ2n) is 3.25. The van der Waals surface area contributed by atoms with Crippen LogP contribution in [0.5, 0.6) is 0 Å². The third-order valence-electron chi connectivity index (χ3n) is 2.05. The Labute approximate surface area is 94.0 Å². The maximum atomic E-state index is 11.7. The second-order valence-corrected chi connectivity index (χ2v) is 3.25. The van der Waals surface area contributed by atoms with Crippen molar-refractivity contribution in [2.75, 3.05) is 6.54 Å². The molecule has 16 heavy (non-hydrogen) atoms. The maximum absolute atomic E-state index is 11.7. The smallest absolute Gasteiger partial charge is 0.318 e. The van der Waals surface area contributed by atoms with Gasteiger partial charge in [-0.1, -0.05) is 37.3 Å². The van der Waals surface area contributed by atoms with E-state index in [0.29, 0.717) is 6.54 Å². The van der Waals surface area contributed by atoms with Gasteiger partial charge in [-0.2, -0.15) is 0 Å². The second kappa shape index (κ2) is 5.87. The quantitative estimate of drug-likeness (QED) is 0.693. The summed E-state index contributed by atoms with van der Waals surface area (Å²) in [7, 11) is 0. The van der Waals surface area contributed by atoms with Crippen LogP contribution in [0.4, 0.5) is 4.79 Å². The number of carbonyl (C=O) groups is 2. The van der Waals surface area contributed by atoms with Gasteiger partial charge in [-0.3, -0.25) is 10.1 Å². The van der Waals surface area contributed by atoms with Gasteiger partial charge in [0.15, 0.2) is 0 Å². The Hall–Kier alpha value is -1.88. The van der Waals surface area contributed by atoms with Crippen molar-refractivity contribution >= 4 is 11.9 Å². The Morgan fingerprint density at radius 3 is 2.44 bits per heavy atom. The molecule has 5 heteroatoms. The van der Waals surface area contributed by atoms with Gasteiger partial charge in [0.05, 0.1) is 0 Å². The van der Waals surface area contributed by atoms with Gasteiger partial charge in [0.2, 0.25) is 5.91 Å². The van der Waals surface area contributed by atoms with E-state index in [1.54, 1.807) is 0 Å². The molecule has 4 N–H and O–H groups in total. The molecule has 5 nitrogen and oxygen atoms in total. The van der Waals surface area contributed by atoms with Crippen molar-refractivity contribution in [3.05, 3.63) is 35.9 Å². The van der Waals surface area contributed by atoms with Crippen LogP contribution >= 0.6 is 0 Å². The summed E-state index contributed by atoms with van der Waals surface area (Å²) in [6.45, 7) is 2.50. The van der Waals surface area contributed by atoms with Gasteiger partial charge in [-0.25, -0.2) is 4.79 Å². The lowest BCUT2D eigenvalue weighted by atomic mass is 10.1. The Kier molecular flexibility index (Phi) is 4.47. The first-order valence-corrected chi connectivity index (χ1v) is 5.03. The van der Waals surface area contributed by atoms with Gasteiger partial charge in [0.1, 0.15) is 6.04 Å². The van der Waals surface area contributed by atoms with Crippen molar-refractivity contribution in [1.29, 1.82) is 0 Å². The van der Waals surface area contributed by atoms with Crippen molar-refractivity contribution in [3.63, 3.8) is 0 Å². The van der Waals surface area contributed by atoms with E-state index in [9.17, 15) is 9.59 Å². The summed E-state index contributed by atoms with van der Waals surface area (Å²) >= 11 is 0. The number of hydrogen-bond acceptors (Lipinski definition) is 3. The Balaban J connectivity index is 2.82. The van der Waals surface area contributed by atoms with Crippen molar-refractivity contribution in [3.8, 4) is 0 Å². The van der Waals surface area contributed by atoms with Crippen LogP contribution in [-0.4, -0.2) is 18.5 Å². The molecule has 1 rings (SSSR count). The van der Waals surface area contributed by atoms with Crippen LogP contribution in [0.15, 0.2) is 30.3 Å². The number of likely N-dealkylation sites (N-methyl/N-ethyl adjacent to an activating group) is 1. The molecule has 3 amide bonds. The third-order valence-corrected chi connectivity index (χ3v) is 2.05. The number of rotatable bonds is 4. The zero-order valence-electron chi connectivity index (χ0n) is 9.07. The first kappa shape index (κ1) is 12.2. The van der Waals surface area contributed by atoms with Gasteiger partial charge in [-0.05, 0) is 12.1 Å². The highest BCUT2D eigenvalue weighted by molar-refractivity contribution is 5.96. The van der Waals surface area contributed by atoms with Gasteiger partial charge < -0.3 is 11.1 Å². The molecule has 0 saturated carbocycles. The van der Waals surface area contributed by atoms with Gasteiger partial charge in [0.25, 0.3) is 0 Å². The highest BCUT2D eigenvalue weighted by atomic mass is 16.2. The van der Waals surface area contributed by atoms with Crippen LogP contribution in [0.25, 0.3) is 0 Å². The summed E-state index contributed by atoms with van der Waals surface area (Å²) in [5.41, 5.74) is 5.70. The lowest BCUT2D eigenvalue weighted by molar-refractivity contribution is -0.122. The number of hydrogen-bond donors (Lipinski definition) is 3. The highest BCUT2D eigenvalue weighted by Gasteiger charge is 2.19. The predicted molar refractivity (Wildman–Crippen MR) is 60.6 cm³/mol. The molecule has 0 fully saturated rings. The molecule has 0 spiro atoms. The average molecular weight is 221 g/mol. The van der Waals surface area contributed by atoms with E-state index in [-0.39, 0.29) is 0 Å². The molecule has 0 aliphatic heterocycles. The fourth-order valence-electron chi connectivity index (χ4n) is 1.41. The van der Waals surface area contributed by atoms with E-state index in [0.717, 1.165) is 5.56 Å². The van der Waals surface area contributed by atoms with E-state index in [1.165, 1.54) is 0 Å². The minimum atomic E-state index is -0.844. The monoisotopic (exact) mass is 221 g/mol. The summed E-state index contributed by atoms with van der Waals surface area (Å²) < 4.78 is 0. The molecule has 0 aromatic heterocycles. The molecule has 0 radical (unpaired) electrons. The first-order valence-electron chi connectivity index (χ1n) is 5.03. The van der Waals surface area contributed by atoms with Crippen molar-refractivity contribution in [1.82, 2.24) is 10.6 Å². The molecular formula is C11H15N3O2. The van der Waals surface area contributed by atoms with Crippen molar-refractivity contribution < 1.29 is 9.59 Å². The molecule has 86 valence electrons. The summed E-state index contributed by atoms with van der Waals surface area (Å²) in [6.07, 6.45) is 0. The van der Waals surface area contributed by atoms with E-state index in [1.807, 2.05) is 37.3 Å². The fourth-order valence-corrected chi connectivity index (χ4v) is 1.41. The van der Waals surface area contributed by atoms with Crippen LogP contribution in [-0.2, 0) is 4.79 Å². The van der Waals surface area contributed by atoms with E-state index in [2.05, 4.69) is 10.6 Å². The van der Waals surface area contributed by atoms with E-state index >= 15 is 0 Å². The Morgan fingerprint density at radius 1 is 1.31 bits per heavy atom. The number of carbonyl (C=O) groups excluding carboxylic acids is 2. The Morgan fingerprint density at radius 2 is 1.94 bits per heavy atom. The fraction of sp³-hybridized carbons (Fsp3) is 0.273. The molecule has 0 bridgehead atoms. The minimum absolute atomic E-state index is 0.444. The molecule has 0 saturated heterocycles. The van der Waals surface area contributed by atoms with E-state index < -0.39 is 18.0 Å². The van der Waals surface area contributed by atoms with Gasteiger partial charge >= 0.3 is 6.03 Å². The summed E-state index contributed by atoms with van der Waals surface area (Å²) in [5.74, 6) is -0.444. The largest absolute Gasteiger partial charge is 0.351 e. The number of benzene rings is 1. The summed E-state index contributed by atoms with van der Waals surface area (Å²) in [6, 6.07) is 7.75. The van der Waals surface area contributed by atoms with Crippen LogP contribution in [0.3, 0.4) is 0 Å². The molecular weight excluding hydrogens is 206 g/mol. The summed E-state index contributed by atoms with van der Waals surface area (Å²) in [4.78, 5) is 22.3. The van der Waals surface area contributed by atoms with Crippen LogP contribution < -0.4 is 16.4 Å².